The molecule has 11 nitrogen and oxygen atoms in total. The average molecular weight is 614 g/mol. The Balaban J connectivity index is 1.33. The van der Waals surface area contributed by atoms with Gasteiger partial charge in [0.1, 0.15) is 0 Å². The van der Waals surface area contributed by atoms with Crippen molar-refractivity contribution in [2.45, 2.75) is 6.92 Å². The molecule has 5 rings (SSSR count). The van der Waals surface area contributed by atoms with Crippen molar-refractivity contribution in [1.82, 2.24) is 19.8 Å². The molecular weight excluding hydrogens is 574 g/mol. The molecule has 0 atom stereocenters. The number of aromatic amines is 1. The number of fused-ring (bicyclic) bond motifs is 1. The van der Waals surface area contributed by atoms with Crippen LogP contribution in [0.3, 0.4) is 0 Å². The first kappa shape index (κ1) is 31.9. The van der Waals surface area contributed by atoms with Gasteiger partial charge in [0, 0.05) is 68.3 Å². The summed E-state index contributed by atoms with van der Waals surface area (Å²) in [5, 5.41) is 22.1. The van der Waals surface area contributed by atoms with E-state index in [9.17, 15) is 14.7 Å². The summed E-state index contributed by atoms with van der Waals surface area (Å²) in [4.78, 5) is 43.5. The van der Waals surface area contributed by atoms with Crippen LogP contribution in [0.4, 0.5) is 5.69 Å². The fraction of sp³-hybridized carbons (Fsp3) is 0.324. The SMILES string of the molecule is COC(=O)c1cc2[nH]c(O)c(C(=Nc3ccc(C(=O)N(C)OCCN4CCN(CCO)CC4)cc3)c3ccccc3)c2cc1C. The van der Waals surface area contributed by atoms with Crippen LogP contribution < -0.4 is 0 Å². The summed E-state index contributed by atoms with van der Waals surface area (Å²) in [5.74, 6) is -0.805. The number of aliphatic hydroxyl groups excluding tert-OH is 1. The number of nitrogens with one attached hydrogen (secondary N) is 1. The minimum Gasteiger partial charge on any atom is -0.494 e. The number of aromatic hydroxyl groups is 1. The van der Waals surface area contributed by atoms with E-state index in [0.717, 1.165) is 31.7 Å². The van der Waals surface area contributed by atoms with E-state index in [4.69, 9.17) is 19.7 Å². The first-order valence-electron chi connectivity index (χ1n) is 14.9. The number of methoxy groups -OCH3 is 1. The van der Waals surface area contributed by atoms with Gasteiger partial charge in [-0.25, -0.2) is 14.9 Å². The lowest BCUT2D eigenvalue weighted by atomic mass is 9.98. The number of H-pyrrole nitrogens is 1. The first-order chi connectivity index (χ1) is 21.8. The van der Waals surface area contributed by atoms with Crippen molar-refractivity contribution in [2.75, 3.05) is 66.6 Å². The van der Waals surface area contributed by atoms with Crippen LogP contribution in [0.15, 0.2) is 71.7 Å². The predicted molar refractivity (Wildman–Crippen MR) is 172 cm³/mol. The predicted octanol–water partition coefficient (Wildman–Crippen LogP) is 3.75. The fourth-order valence-electron chi connectivity index (χ4n) is 5.50. The topological polar surface area (TPSA) is 131 Å². The number of hydroxylamine groups is 2. The van der Waals surface area contributed by atoms with Crippen molar-refractivity contribution in [2.24, 2.45) is 4.99 Å². The number of amides is 1. The second-order valence-corrected chi connectivity index (χ2v) is 11.0. The highest BCUT2D eigenvalue weighted by molar-refractivity contribution is 6.22. The molecule has 1 aliphatic heterocycles. The molecule has 45 heavy (non-hydrogen) atoms. The van der Waals surface area contributed by atoms with E-state index in [-0.39, 0.29) is 18.4 Å². The number of rotatable bonds is 11. The molecule has 3 aromatic carbocycles. The van der Waals surface area contributed by atoms with Crippen molar-refractivity contribution >= 4 is 34.2 Å². The monoisotopic (exact) mass is 613 g/mol. The second-order valence-electron chi connectivity index (χ2n) is 11.0. The summed E-state index contributed by atoms with van der Waals surface area (Å²) >= 11 is 0. The molecule has 11 heteroatoms. The Kier molecular flexibility index (Phi) is 10.3. The molecular formula is C34H39N5O6. The maximum atomic E-state index is 13.1. The van der Waals surface area contributed by atoms with Crippen molar-refractivity contribution in [3.8, 4) is 5.88 Å². The number of carbonyl (C=O) groups is 2. The Labute approximate surface area is 262 Å². The van der Waals surface area contributed by atoms with Gasteiger partial charge in [-0.3, -0.25) is 19.4 Å². The number of ether oxygens (including phenoxy) is 1. The van der Waals surface area contributed by atoms with Gasteiger partial charge in [0.25, 0.3) is 5.91 Å². The van der Waals surface area contributed by atoms with E-state index < -0.39 is 5.97 Å². The minimum atomic E-state index is -0.457. The molecule has 0 unspecified atom stereocenters. The summed E-state index contributed by atoms with van der Waals surface area (Å²) in [7, 11) is 2.94. The highest BCUT2D eigenvalue weighted by atomic mass is 16.7. The average Bonchev–Trinajstić information content (AvgIpc) is 3.38. The number of nitrogens with zero attached hydrogens (tertiary/aromatic N) is 4. The smallest absolute Gasteiger partial charge is 0.338 e. The van der Waals surface area contributed by atoms with Crippen LogP contribution in [0.2, 0.25) is 0 Å². The molecule has 1 saturated heterocycles. The number of esters is 1. The van der Waals surface area contributed by atoms with Gasteiger partial charge < -0.3 is 19.9 Å². The summed E-state index contributed by atoms with van der Waals surface area (Å²) in [6.45, 7) is 7.41. The van der Waals surface area contributed by atoms with Crippen LogP contribution in [-0.4, -0.2) is 114 Å². The summed E-state index contributed by atoms with van der Waals surface area (Å²) in [6, 6.07) is 19.9. The standard InChI is InChI=1S/C34H39N5O6/c1-23-21-28-29(22-27(23)34(43)44-3)36-32(41)30(28)31(24-7-5-4-6-8-24)35-26-11-9-25(10-12-26)33(42)37(2)45-20-18-39-15-13-38(14-16-39)17-19-40/h4-12,21-22,36,40-41H,13-20H2,1-3H3. The number of hydrogen-bond acceptors (Lipinski definition) is 9. The van der Waals surface area contributed by atoms with Crippen LogP contribution in [0.1, 0.15) is 37.4 Å². The number of aromatic nitrogens is 1. The molecule has 4 aromatic rings. The van der Waals surface area contributed by atoms with E-state index in [1.165, 1.54) is 12.2 Å². The van der Waals surface area contributed by atoms with Crippen molar-refractivity contribution in [1.29, 1.82) is 0 Å². The summed E-state index contributed by atoms with van der Waals surface area (Å²) < 4.78 is 4.91. The van der Waals surface area contributed by atoms with Crippen LogP contribution in [0, 0.1) is 6.92 Å². The number of β-amino-alcohol motifs (C(OH)–C–C–N with tert-alkyl or cyclic N) is 1. The van der Waals surface area contributed by atoms with Gasteiger partial charge in [0.2, 0.25) is 0 Å². The zero-order valence-electron chi connectivity index (χ0n) is 25.8. The van der Waals surface area contributed by atoms with Crippen LogP contribution in [0.5, 0.6) is 5.88 Å². The lowest BCUT2D eigenvalue weighted by Crippen LogP contribution is -2.48. The summed E-state index contributed by atoms with van der Waals surface area (Å²) in [5.41, 5.74) is 4.54. The number of aliphatic imine (C=N–C) groups is 1. The lowest BCUT2D eigenvalue weighted by molar-refractivity contribution is -0.111. The number of aryl methyl sites for hydroxylation is 1. The van der Waals surface area contributed by atoms with Gasteiger partial charge in [0.05, 0.1) is 42.8 Å². The van der Waals surface area contributed by atoms with E-state index in [2.05, 4.69) is 14.8 Å². The van der Waals surface area contributed by atoms with Crippen LogP contribution >= 0.6 is 0 Å². The van der Waals surface area contributed by atoms with Crippen molar-refractivity contribution < 1.29 is 29.4 Å². The van der Waals surface area contributed by atoms with Gasteiger partial charge in [-0.1, -0.05) is 30.3 Å². The third-order valence-electron chi connectivity index (χ3n) is 8.03. The molecule has 0 bridgehead atoms. The quantitative estimate of drug-likeness (QED) is 0.133. The van der Waals surface area contributed by atoms with Gasteiger partial charge in [-0.05, 0) is 48.9 Å². The number of benzene rings is 3. The molecule has 2 heterocycles. The third kappa shape index (κ3) is 7.40. The number of hydrogen-bond donors (Lipinski definition) is 3. The molecule has 3 N–H and O–H groups in total. The molecule has 1 aromatic heterocycles. The van der Waals surface area contributed by atoms with Crippen molar-refractivity contribution in [3.05, 3.63) is 94.5 Å². The second kappa shape index (κ2) is 14.5. The van der Waals surface area contributed by atoms with Crippen LogP contribution in [-0.2, 0) is 9.57 Å². The van der Waals surface area contributed by atoms with Gasteiger partial charge in [-0.2, -0.15) is 0 Å². The van der Waals surface area contributed by atoms with Gasteiger partial charge in [-0.15, -0.1) is 0 Å². The normalized spacial score (nSPS) is 14.5. The Morgan fingerprint density at radius 1 is 0.956 bits per heavy atom. The highest BCUT2D eigenvalue weighted by Crippen LogP contribution is 2.33. The minimum absolute atomic E-state index is 0.0772. The third-order valence-corrected chi connectivity index (χ3v) is 8.03. The Morgan fingerprint density at radius 3 is 2.27 bits per heavy atom. The van der Waals surface area contributed by atoms with Gasteiger partial charge >= 0.3 is 5.97 Å². The highest BCUT2D eigenvalue weighted by Gasteiger charge is 2.22. The maximum Gasteiger partial charge on any atom is 0.338 e. The molecule has 1 amide bonds. The zero-order valence-corrected chi connectivity index (χ0v) is 25.8. The van der Waals surface area contributed by atoms with Gasteiger partial charge in [0.15, 0.2) is 5.88 Å². The largest absolute Gasteiger partial charge is 0.494 e. The Bertz CT molecular complexity index is 1660. The number of aliphatic hydroxyl groups is 1. The molecule has 0 saturated carbocycles. The fourth-order valence-corrected chi connectivity index (χ4v) is 5.50. The Hall–Kier alpha value is -4.55. The molecule has 236 valence electrons. The zero-order chi connectivity index (χ0) is 31.9. The summed E-state index contributed by atoms with van der Waals surface area (Å²) in [6.07, 6.45) is 0. The first-order valence-corrected chi connectivity index (χ1v) is 14.9. The number of piperazine rings is 1. The molecule has 0 aliphatic carbocycles. The van der Waals surface area contributed by atoms with Crippen molar-refractivity contribution in [3.63, 3.8) is 0 Å². The lowest BCUT2D eigenvalue weighted by Gasteiger charge is -2.34. The maximum absolute atomic E-state index is 13.1. The van der Waals surface area contributed by atoms with E-state index in [1.54, 1.807) is 37.4 Å². The molecule has 1 aliphatic rings. The van der Waals surface area contributed by atoms with E-state index >= 15 is 0 Å². The molecule has 1 fully saturated rings. The molecule has 0 spiro atoms. The Morgan fingerprint density at radius 2 is 1.62 bits per heavy atom. The van der Waals surface area contributed by atoms with E-state index in [0.29, 0.717) is 64.3 Å². The van der Waals surface area contributed by atoms with Crippen LogP contribution in [0.25, 0.3) is 10.9 Å². The van der Waals surface area contributed by atoms with E-state index in [1.807, 2.05) is 43.3 Å². The molecule has 0 radical (unpaired) electrons. The number of carbonyl (C=O) groups excluding carboxylic acids is 2.